The van der Waals surface area contributed by atoms with Gasteiger partial charge in [-0.15, -0.1) is 6.58 Å². The van der Waals surface area contributed by atoms with E-state index in [4.69, 9.17) is 0 Å². The fraction of sp³-hybridized carbons (Fsp3) is 0.179. The SMILES string of the molecule is C=CCCp1pc(-c2ccc(C)cc2)c(-c2ccc(C)cc2)c1-c1ccc(C)cc1. The number of allylic oxidation sites excluding steroid dienone is 1. The van der Waals surface area contributed by atoms with Crippen LogP contribution in [0, 0.1) is 20.8 Å². The van der Waals surface area contributed by atoms with Gasteiger partial charge in [-0.1, -0.05) is 103 Å². The van der Waals surface area contributed by atoms with Crippen LogP contribution in [0.2, 0.25) is 0 Å². The van der Waals surface area contributed by atoms with Crippen molar-refractivity contribution < 1.29 is 0 Å². The molecule has 4 rings (SSSR count). The lowest BCUT2D eigenvalue weighted by atomic mass is 9.97. The molecule has 0 nitrogen and oxygen atoms in total. The highest BCUT2D eigenvalue weighted by atomic mass is 31.9. The topological polar surface area (TPSA) is 0 Å². The highest BCUT2D eigenvalue weighted by Gasteiger charge is 2.21. The second kappa shape index (κ2) is 9.18. The van der Waals surface area contributed by atoms with E-state index < -0.39 is 0 Å². The van der Waals surface area contributed by atoms with Gasteiger partial charge in [0, 0.05) is 16.2 Å². The number of aryl methyl sites for hydroxylation is 4. The standard InChI is InChI=1S/C28H28P2/c1-5-6-19-30-28(25-17-11-22(4)12-18-25)26(23-13-7-20(2)8-14-23)27(29-30)24-15-9-21(3)10-16-24/h5,7-18H,1,6,19H2,2-4H3. The van der Waals surface area contributed by atoms with Gasteiger partial charge in [0.1, 0.15) is 0 Å². The fourth-order valence-electron chi connectivity index (χ4n) is 3.75. The number of hydrogen-bond acceptors (Lipinski definition) is 0. The van der Waals surface area contributed by atoms with Gasteiger partial charge in [0.15, 0.2) is 0 Å². The molecule has 150 valence electrons. The Hall–Kier alpha value is -2.39. The Labute approximate surface area is 183 Å². The molecule has 1 unspecified atom stereocenters. The van der Waals surface area contributed by atoms with Gasteiger partial charge in [0.25, 0.3) is 0 Å². The molecule has 3 aromatic carbocycles. The van der Waals surface area contributed by atoms with Crippen molar-refractivity contribution in [2.45, 2.75) is 33.4 Å². The van der Waals surface area contributed by atoms with Crippen LogP contribution < -0.4 is 0 Å². The third-order valence-corrected chi connectivity index (χ3v) is 10.6. The summed E-state index contributed by atoms with van der Waals surface area (Å²) in [5, 5.41) is 3.03. The number of hydrogen-bond donors (Lipinski definition) is 0. The second-order valence-electron chi connectivity index (χ2n) is 7.97. The van der Waals surface area contributed by atoms with Gasteiger partial charge in [0.2, 0.25) is 0 Å². The maximum absolute atomic E-state index is 3.99. The van der Waals surface area contributed by atoms with Crippen molar-refractivity contribution in [3.05, 3.63) is 102 Å². The molecule has 1 heterocycles. The highest BCUT2D eigenvalue weighted by molar-refractivity contribution is 8.03. The van der Waals surface area contributed by atoms with E-state index in [9.17, 15) is 0 Å². The van der Waals surface area contributed by atoms with Crippen molar-refractivity contribution in [3.8, 4) is 32.8 Å². The lowest BCUT2D eigenvalue weighted by Gasteiger charge is -2.12. The molecule has 0 fully saturated rings. The Morgan fingerprint density at radius 2 is 1.17 bits per heavy atom. The van der Waals surface area contributed by atoms with Gasteiger partial charge in [0.05, 0.1) is 0 Å². The molecule has 0 amide bonds. The summed E-state index contributed by atoms with van der Waals surface area (Å²) < 4.78 is 0. The molecule has 4 aromatic rings. The van der Waals surface area contributed by atoms with Crippen LogP contribution >= 0.6 is 15.1 Å². The monoisotopic (exact) mass is 426 g/mol. The highest BCUT2D eigenvalue weighted by Crippen LogP contribution is 2.62. The molecule has 0 bridgehead atoms. The maximum Gasteiger partial charge on any atom is 0.0218 e. The second-order valence-corrected chi connectivity index (χ2v) is 12.4. The van der Waals surface area contributed by atoms with Crippen molar-refractivity contribution in [2.75, 3.05) is 0 Å². The fourth-order valence-corrected chi connectivity index (χ4v) is 9.44. The van der Waals surface area contributed by atoms with Crippen LogP contribution in [-0.2, 0) is 6.16 Å². The van der Waals surface area contributed by atoms with Crippen molar-refractivity contribution in [1.29, 1.82) is 0 Å². The molecular weight excluding hydrogens is 398 g/mol. The minimum Gasteiger partial charge on any atom is -0.103 e. The van der Waals surface area contributed by atoms with Gasteiger partial charge < -0.3 is 0 Å². The van der Waals surface area contributed by atoms with Crippen LogP contribution in [0.5, 0.6) is 0 Å². The number of benzene rings is 3. The summed E-state index contributed by atoms with van der Waals surface area (Å²) in [5.41, 5.74) is 9.43. The van der Waals surface area contributed by atoms with Crippen LogP contribution in [-0.4, -0.2) is 0 Å². The minimum atomic E-state index is -0.298. The van der Waals surface area contributed by atoms with Gasteiger partial charge in [-0.05, 0) is 57.9 Å². The Kier molecular flexibility index (Phi) is 6.38. The first-order valence-electron chi connectivity index (χ1n) is 10.5. The predicted molar refractivity (Wildman–Crippen MR) is 137 cm³/mol. The maximum atomic E-state index is 3.99. The zero-order valence-electron chi connectivity index (χ0n) is 18.0. The summed E-state index contributed by atoms with van der Waals surface area (Å²) in [6.45, 7) is 10.5. The molecular formula is C28H28P2. The zero-order valence-corrected chi connectivity index (χ0v) is 19.8. The van der Waals surface area contributed by atoms with Crippen LogP contribution in [0.4, 0.5) is 0 Å². The molecule has 1 atom stereocenters. The molecule has 0 saturated carbocycles. The Morgan fingerprint density at radius 1 is 0.700 bits per heavy atom. The van der Waals surface area contributed by atoms with E-state index in [2.05, 4.69) is 106 Å². The first-order valence-corrected chi connectivity index (χ1v) is 13.6. The molecule has 0 spiro atoms. The van der Waals surface area contributed by atoms with E-state index in [-0.39, 0.29) is 7.21 Å². The van der Waals surface area contributed by atoms with E-state index in [1.54, 1.807) is 5.30 Å². The normalized spacial score (nSPS) is 11.8. The summed E-state index contributed by atoms with van der Waals surface area (Å²) in [5.74, 6) is 0. The van der Waals surface area contributed by atoms with Crippen LogP contribution in [0.25, 0.3) is 32.8 Å². The largest absolute Gasteiger partial charge is 0.103 e. The van der Waals surface area contributed by atoms with Gasteiger partial charge in [-0.2, -0.15) is 0 Å². The lowest BCUT2D eigenvalue weighted by molar-refractivity contribution is 1.16. The minimum absolute atomic E-state index is 0.298. The van der Waals surface area contributed by atoms with E-state index >= 15 is 0 Å². The van der Waals surface area contributed by atoms with Crippen LogP contribution in [0.3, 0.4) is 0 Å². The van der Waals surface area contributed by atoms with E-state index in [0.29, 0.717) is 0 Å². The molecule has 0 N–H and O–H groups in total. The Balaban J connectivity index is 2.01. The van der Waals surface area contributed by atoms with Gasteiger partial charge in [-0.3, -0.25) is 0 Å². The van der Waals surface area contributed by atoms with E-state index in [0.717, 1.165) is 6.42 Å². The van der Waals surface area contributed by atoms with Gasteiger partial charge in [-0.25, -0.2) is 0 Å². The molecule has 0 radical (unpaired) electrons. The van der Waals surface area contributed by atoms with Crippen LogP contribution in [0.1, 0.15) is 23.1 Å². The molecule has 30 heavy (non-hydrogen) atoms. The quantitative estimate of drug-likeness (QED) is 0.269. The average molecular weight is 426 g/mol. The molecule has 0 saturated heterocycles. The summed E-state index contributed by atoms with van der Waals surface area (Å²) in [6.07, 6.45) is 4.32. The predicted octanol–water partition coefficient (Wildman–Crippen LogP) is 9.76. The van der Waals surface area contributed by atoms with Crippen molar-refractivity contribution >= 4 is 15.1 Å². The summed E-state index contributed by atoms with van der Waals surface area (Å²) in [6, 6.07) is 27.3. The van der Waals surface area contributed by atoms with E-state index in [1.165, 1.54) is 58.3 Å². The molecule has 2 heteroatoms. The summed E-state index contributed by atoms with van der Waals surface area (Å²) in [4.78, 5) is 0. The average Bonchev–Trinajstić information content (AvgIpc) is 3.13. The van der Waals surface area contributed by atoms with Gasteiger partial charge >= 0.3 is 0 Å². The lowest BCUT2D eigenvalue weighted by Crippen LogP contribution is -1.85. The van der Waals surface area contributed by atoms with Crippen molar-refractivity contribution in [2.24, 2.45) is 0 Å². The molecule has 0 aliphatic rings. The van der Waals surface area contributed by atoms with E-state index in [1.807, 2.05) is 0 Å². The Bertz CT molecular complexity index is 1150. The third kappa shape index (κ3) is 4.37. The number of rotatable bonds is 6. The van der Waals surface area contributed by atoms with Crippen molar-refractivity contribution in [3.63, 3.8) is 0 Å². The Morgan fingerprint density at radius 3 is 1.67 bits per heavy atom. The first kappa shape index (κ1) is 20.9. The molecule has 0 aliphatic carbocycles. The summed E-state index contributed by atoms with van der Waals surface area (Å²) in [7, 11) is 1.16. The third-order valence-electron chi connectivity index (χ3n) is 5.49. The smallest absolute Gasteiger partial charge is 0.0218 e. The summed E-state index contributed by atoms with van der Waals surface area (Å²) >= 11 is 0. The zero-order chi connectivity index (χ0) is 21.1. The molecule has 0 aliphatic heterocycles. The van der Waals surface area contributed by atoms with Crippen LogP contribution in [0.15, 0.2) is 85.5 Å². The van der Waals surface area contributed by atoms with Crippen molar-refractivity contribution in [1.82, 2.24) is 0 Å². The molecule has 1 aromatic heterocycles. The first-order chi connectivity index (χ1) is 14.6.